The van der Waals surface area contributed by atoms with Gasteiger partial charge in [-0.15, -0.1) is 0 Å². The van der Waals surface area contributed by atoms with Gasteiger partial charge < -0.3 is 10.2 Å². The smallest absolute Gasteiger partial charge is 0.349 e. The molecule has 1 saturated carbocycles. The number of nitrogens with one attached hydrogen (secondary N) is 1. The van der Waals surface area contributed by atoms with E-state index in [9.17, 15) is 18.0 Å². The molecule has 0 aromatic carbocycles. The highest BCUT2D eigenvalue weighted by molar-refractivity contribution is 6.33. The van der Waals surface area contributed by atoms with Crippen LogP contribution in [0, 0.1) is 5.92 Å². The lowest BCUT2D eigenvalue weighted by Gasteiger charge is -2.31. The molecule has 1 heterocycles. The Morgan fingerprint density at radius 1 is 1.32 bits per heavy atom. The first-order valence-electron chi connectivity index (χ1n) is 7.02. The van der Waals surface area contributed by atoms with Gasteiger partial charge in [-0.05, 0) is 37.8 Å². The number of hydrogen-bond acceptors (Lipinski definition) is 2. The van der Waals surface area contributed by atoms with Crippen molar-refractivity contribution in [2.45, 2.75) is 43.4 Å². The highest BCUT2D eigenvalue weighted by Gasteiger charge is 2.41. The molecule has 1 fully saturated rings. The van der Waals surface area contributed by atoms with Gasteiger partial charge in [-0.2, -0.15) is 13.2 Å². The maximum atomic E-state index is 12.6. The summed E-state index contributed by atoms with van der Waals surface area (Å²) < 4.78 is 37.8. The third-order valence-electron chi connectivity index (χ3n) is 4.09. The second kappa shape index (κ2) is 6.71. The molecule has 0 aromatic heterocycles. The van der Waals surface area contributed by atoms with Crippen molar-refractivity contribution in [3.05, 3.63) is 22.9 Å². The standard InChI is InChI=1S/C14H17Cl2F3N2O/c1-21-11(15)7-6-10(12(21)16)13(22)20-9-4-2-8(3-5-9)14(17,18)19/h6-9,11H,2-5H2,1H3,(H,20,22). The van der Waals surface area contributed by atoms with Crippen molar-refractivity contribution in [1.29, 1.82) is 0 Å². The Labute approximate surface area is 137 Å². The minimum absolute atomic E-state index is 0.0424. The summed E-state index contributed by atoms with van der Waals surface area (Å²) >= 11 is 12.0. The molecular weight excluding hydrogens is 340 g/mol. The maximum Gasteiger partial charge on any atom is 0.391 e. The number of carbonyl (C=O) groups excluding carboxylic acids is 1. The fraction of sp³-hybridized carbons (Fsp3) is 0.643. The predicted molar refractivity (Wildman–Crippen MR) is 79.4 cm³/mol. The van der Waals surface area contributed by atoms with Crippen LogP contribution in [0.1, 0.15) is 25.7 Å². The molecular formula is C14H17Cl2F3N2O. The summed E-state index contributed by atoms with van der Waals surface area (Å²) in [5, 5.41) is 2.98. The van der Waals surface area contributed by atoms with E-state index < -0.39 is 17.6 Å². The third-order valence-corrected chi connectivity index (χ3v) is 5.00. The molecule has 3 nitrogen and oxygen atoms in total. The molecule has 1 amide bonds. The van der Waals surface area contributed by atoms with Crippen LogP contribution in [-0.4, -0.2) is 35.6 Å². The molecule has 0 radical (unpaired) electrons. The van der Waals surface area contributed by atoms with Gasteiger partial charge in [-0.3, -0.25) is 4.79 Å². The lowest BCUT2D eigenvalue weighted by Crippen LogP contribution is -2.41. The van der Waals surface area contributed by atoms with Gasteiger partial charge in [0.1, 0.15) is 10.7 Å². The van der Waals surface area contributed by atoms with Gasteiger partial charge >= 0.3 is 6.18 Å². The molecule has 1 atom stereocenters. The average Bonchev–Trinajstić information content (AvgIpc) is 2.44. The highest BCUT2D eigenvalue weighted by Crippen LogP contribution is 2.37. The predicted octanol–water partition coefficient (Wildman–Crippen LogP) is 3.74. The monoisotopic (exact) mass is 356 g/mol. The van der Waals surface area contributed by atoms with Crippen LogP contribution in [0.15, 0.2) is 22.9 Å². The molecule has 124 valence electrons. The van der Waals surface area contributed by atoms with E-state index in [1.807, 2.05) is 0 Å². The van der Waals surface area contributed by atoms with E-state index in [1.54, 1.807) is 18.0 Å². The molecule has 0 spiro atoms. The quantitative estimate of drug-likeness (QED) is 0.603. The Morgan fingerprint density at radius 3 is 2.45 bits per heavy atom. The Morgan fingerprint density at radius 2 is 1.91 bits per heavy atom. The van der Waals surface area contributed by atoms with Gasteiger partial charge in [0.05, 0.1) is 11.5 Å². The van der Waals surface area contributed by atoms with Gasteiger partial charge in [0.2, 0.25) is 0 Å². The number of halogens is 5. The SMILES string of the molecule is CN1C(Cl)=C(C(=O)NC2CCC(C(F)(F)F)CC2)C=CC1Cl. The van der Waals surface area contributed by atoms with Crippen molar-refractivity contribution in [3.63, 3.8) is 0 Å². The van der Waals surface area contributed by atoms with Gasteiger partial charge in [0, 0.05) is 13.1 Å². The topological polar surface area (TPSA) is 32.3 Å². The number of nitrogens with zero attached hydrogens (tertiary/aromatic N) is 1. The van der Waals surface area contributed by atoms with Crippen LogP contribution in [-0.2, 0) is 4.79 Å². The van der Waals surface area contributed by atoms with E-state index >= 15 is 0 Å². The van der Waals surface area contributed by atoms with Crippen molar-refractivity contribution in [1.82, 2.24) is 10.2 Å². The summed E-state index contributed by atoms with van der Waals surface area (Å²) in [6, 6.07) is -0.254. The maximum absolute atomic E-state index is 12.6. The van der Waals surface area contributed by atoms with Gasteiger partial charge in [-0.25, -0.2) is 0 Å². The fourth-order valence-electron chi connectivity index (χ4n) is 2.67. The van der Waals surface area contributed by atoms with Gasteiger partial charge in [0.15, 0.2) is 0 Å². The summed E-state index contributed by atoms with van der Waals surface area (Å²) in [4.78, 5) is 13.8. The summed E-state index contributed by atoms with van der Waals surface area (Å²) in [6.07, 6.45) is -0.261. The largest absolute Gasteiger partial charge is 0.391 e. The van der Waals surface area contributed by atoms with E-state index in [-0.39, 0.29) is 35.5 Å². The number of amides is 1. The van der Waals surface area contributed by atoms with Crippen molar-refractivity contribution in [3.8, 4) is 0 Å². The normalized spacial score (nSPS) is 29.7. The molecule has 22 heavy (non-hydrogen) atoms. The van der Waals surface area contributed by atoms with Crippen LogP contribution in [0.5, 0.6) is 0 Å². The number of carbonyl (C=O) groups is 1. The lowest BCUT2D eigenvalue weighted by atomic mass is 9.85. The van der Waals surface area contributed by atoms with Gasteiger partial charge in [0.25, 0.3) is 5.91 Å². The van der Waals surface area contributed by atoms with E-state index in [2.05, 4.69) is 5.32 Å². The van der Waals surface area contributed by atoms with Crippen LogP contribution >= 0.6 is 23.2 Å². The van der Waals surface area contributed by atoms with E-state index in [0.29, 0.717) is 12.8 Å². The minimum Gasteiger partial charge on any atom is -0.349 e. The summed E-state index contributed by atoms with van der Waals surface area (Å²) in [6.45, 7) is 0. The molecule has 2 rings (SSSR count). The lowest BCUT2D eigenvalue weighted by molar-refractivity contribution is -0.182. The molecule has 1 aliphatic carbocycles. The number of rotatable bonds is 2. The van der Waals surface area contributed by atoms with Crippen molar-refractivity contribution in [2.24, 2.45) is 5.92 Å². The van der Waals surface area contributed by atoms with Crippen LogP contribution in [0.25, 0.3) is 0 Å². The minimum atomic E-state index is -4.15. The second-order valence-corrected chi connectivity index (χ2v) is 6.42. The molecule has 0 saturated heterocycles. The Hall–Kier alpha value is -0.880. The van der Waals surface area contributed by atoms with Crippen LogP contribution in [0.2, 0.25) is 0 Å². The molecule has 8 heteroatoms. The summed E-state index contributed by atoms with van der Waals surface area (Å²) in [7, 11) is 1.66. The first-order chi connectivity index (χ1) is 10.2. The van der Waals surface area contributed by atoms with Crippen molar-refractivity contribution >= 4 is 29.1 Å². The van der Waals surface area contributed by atoms with Crippen LogP contribution in [0.3, 0.4) is 0 Å². The van der Waals surface area contributed by atoms with Crippen molar-refractivity contribution in [2.75, 3.05) is 7.05 Å². The zero-order valence-electron chi connectivity index (χ0n) is 12.0. The molecule has 2 aliphatic rings. The Kier molecular flexibility index (Phi) is 5.33. The fourth-order valence-corrected chi connectivity index (χ4v) is 3.14. The number of likely N-dealkylation sites (N-methyl/N-ethyl adjacent to an activating group) is 1. The Balaban J connectivity index is 1.93. The number of alkyl halides is 4. The molecule has 0 aromatic rings. The second-order valence-electron chi connectivity index (χ2n) is 5.61. The first kappa shape index (κ1) is 17.5. The molecule has 1 aliphatic heterocycles. The zero-order valence-corrected chi connectivity index (χ0v) is 13.5. The van der Waals surface area contributed by atoms with Gasteiger partial charge in [-0.1, -0.05) is 23.2 Å². The van der Waals surface area contributed by atoms with Crippen LogP contribution in [0.4, 0.5) is 13.2 Å². The van der Waals surface area contributed by atoms with E-state index in [1.165, 1.54) is 6.08 Å². The number of hydrogen-bond donors (Lipinski definition) is 1. The Bertz CT molecular complexity index is 497. The first-order valence-corrected chi connectivity index (χ1v) is 7.84. The summed E-state index contributed by atoms with van der Waals surface area (Å²) in [5.41, 5.74) is -0.148. The average molecular weight is 357 g/mol. The zero-order chi connectivity index (χ0) is 16.5. The molecule has 0 bridgehead atoms. The van der Waals surface area contributed by atoms with Crippen LogP contribution < -0.4 is 5.32 Å². The van der Waals surface area contributed by atoms with E-state index in [4.69, 9.17) is 23.2 Å². The summed E-state index contributed by atoms with van der Waals surface area (Å²) in [5.74, 6) is -1.65. The van der Waals surface area contributed by atoms with E-state index in [0.717, 1.165) is 0 Å². The van der Waals surface area contributed by atoms with Crippen molar-refractivity contribution < 1.29 is 18.0 Å². The highest BCUT2D eigenvalue weighted by atomic mass is 35.5. The molecule has 1 unspecified atom stereocenters. The molecule has 1 N–H and O–H groups in total. The third kappa shape index (κ3) is 3.90.